The van der Waals surface area contributed by atoms with E-state index in [1.165, 1.54) is 5.56 Å². The minimum atomic E-state index is 0. The Hall–Kier alpha value is -1.14. The normalized spacial score (nSPS) is 23.9. The second-order valence-corrected chi connectivity index (χ2v) is 7.23. The molecule has 5 nitrogen and oxygen atoms in total. The first-order valence-electron chi connectivity index (χ1n) is 9.49. The Morgan fingerprint density at radius 2 is 1.88 bits per heavy atom. The highest BCUT2D eigenvalue weighted by Crippen LogP contribution is 2.17. The van der Waals surface area contributed by atoms with Gasteiger partial charge in [-0.15, -0.1) is 12.4 Å². The van der Waals surface area contributed by atoms with Crippen LogP contribution in [-0.4, -0.2) is 37.8 Å². The molecule has 1 amide bonds. The van der Waals surface area contributed by atoms with Crippen molar-refractivity contribution in [2.45, 2.75) is 57.9 Å². The smallest absolute Gasteiger partial charge is 0.223 e. The second kappa shape index (κ2) is 10.9. The summed E-state index contributed by atoms with van der Waals surface area (Å²) in [4.78, 5) is 12.3. The summed E-state index contributed by atoms with van der Waals surface area (Å²) in [5.41, 5.74) is 2.30. The number of ether oxygens (including phenoxy) is 2. The molecule has 2 fully saturated rings. The second-order valence-electron chi connectivity index (χ2n) is 7.23. The van der Waals surface area contributed by atoms with E-state index in [4.69, 9.17) is 9.47 Å². The number of benzene rings is 1. The summed E-state index contributed by atoms with van der Waals surface area (Å²) in [6, 6.07) is 8.77. The number of rotatable bonds is 6. The molecule has 0 unspecified atom stereocenters. The largest absolute Gasteiger partial charge is 0.381 e. The van der Waals surface area contributed by atoms with Crippen molar-refractivity contribution >= 4 is 18.3 Å². The zero-order valence-corrected chi connectivity index (χ0v) is 16.4. The van der Waals surface area contributed by atoms with Crippen LogP contribution < -0.4 is 10.6 Å². The number of carbonyl (C=O) groups is 1. The maximum atomic E-state index is 12.3. The zero-order chi connectivity index (χ0) is 17.5. The number of piperidine rings is 1. The number of hydrogen-bond donors (Lipinski definition) is 2. The molecular formula is C20H31ClN2O3. The lowest BCUT2D eigenvalue weighted by Gasteiger charge is -2.27. The van der Waals surface area contributed by atoms with Gasteiger partial charge in [0.15, 0.2) is 0 Å². The van der Waals surface area contributed by atoms with Crippen molar-refractivity contribution in [3.63, 3.8) is 0 Å². The van der Waals surface area contributed by atoms with Gasteiger partial charge in [-0.2, -0.15) is 0 Å². The molecule has 0 spiro atoms. The number of nitrogens with one attached hydrogen (secondary N) is 2. The maximum absolute atomic E-state index is 12.3. The molecule has 6 heteroatoms. The van der Waals surface area contributed by atoms with E-state index in [2.05, 4.69) is 41.8 Å². The van der Waals surface area contributed by atoms with E-state index in [0.29, 0.717) is 25.3 Å². The molecule has 2 heterocycles. The van der Waals surface area contributed by atoms with Gasteiger partial charge in [0, 0.05) is 31.7 Å². The van der Waals surface area contributed by atoms with Crippen LogP contribution in [0, 0.1) is 5.92 Å². The van der Waals surface area contributed by atoms with Crippen molar-refractivity contribution in [3.8, 4) is 0 Å². The van der Waals surface area contributed by atoms with Gasteiger partial charge in [-0.3, -0.25) is 4.79 Å². The van der Waals surface area contributed by atoms with E-state index in [9.17, 15) is 4.79 Å². The zero-order valence-electron chi connectivity index (χ0n) is 15.5. The lowest BCUT2D eigenvalue weighted by molar-refractivity contribution is -0.126. The third-order valence-corrected chi connectivity index (χ3v) is 5.14. The first kappa shape index (κ1) is 21.2. The van der Waals surface area contributed by atoms with Crippen molar-refractivity contribution in [1.82, 2.24) is 10.6 Å². The maximum Gasteiger partial charge on any atom is 0.223 e. The highest BCUT2D eigenvalue weighted by Gasteiger charge is 2.24. The van der Waals surface area contributed by atoms with E-state index in [1.807, 2.05) is 0 Å². The SMILES string of the molecule is C[C@H]1C[C@@H](C(=O)NCc2ccc(COC3CCOCC3)cc2)CCN1.Cl. The van der Waals surface area contributed by atoms with Crippen LogP contribution in [0.5, 0.6) is 0 Å². The summed E-state index contributed by atoms with van der Waals surface area (Å²) in [6.45, 7) is 5.92. The molecule has 2 aliphatic rings. The Morgan fingerprint density at radius 3 is 2.58 bits per heavy atom. The van der Waals surface area contributed by atoms with E-state index in [-0.39, 0.29) is 24.2 Å². The van der Waals surface area contributed by atoms with Crippen molar-refractivity contribution < 1.29 is 14.3 Å². The van der Waals surface area contributed by atoms with E-state index < -0.39 is 0 Å². The molecule has 0 aliphatic carbocycles. The Kier molecular flexibility index (Phi) is 8.85. The van der Waals surface area contributed by atoms with Crippen LogP contribution in [0.15, 0.2) is 24.3 Å². The fraction of sp³-hybridized carbons (Fsp3) is 0.650. The minimum absolute atomic E-state index is 0. The molecule has 0 saturated carbocycles. The van der Waals surface area contributed by atoms with Crippen LogP contribution in [0.4, 0.5) is 0 Å². The van der Waals surface area contributed by atoms with Gasteiger partial charge >= 0.3 is 0 Å². The summed E-state index contributed by atoms with van der Waals surface area (Å²) < 4.78 is 11.3. The highest BCUT2D eigenvalue weighted by atomic mass is 35.5. The van der Waals surface area contributed by atoms with Crippen molar-refractivity contribution in [2.75, 3.05) is 19.8 Å². The molecule has 0 radical (unpaired) electrons. The van der Waals surface area contributed by atoms with Crippen LogP contribution in [0.1, 0.15) is 43.7 Å². The third kappa shape index (κ3) is 6.54. The molecule has 0 aromatic heterocycles. The molecule has 1 aromatic rings. The Morgan fingerprint density at radius 1 is 1.19 bits per heavy atom. The molecule has 2 aliphatic heterocycles. The van der Waals surface area contributed by atoms with Crippen molar-refractivity contribution in [1.29, 1.82) is 0 Å². The lowest BCUT2D eigenvalue weighted by atomic mass is 9.92. The first-order valence-corrected chi connectivity index (χ1v) is 9.49. The van der Waals surface area contributed by atoms with Crippen LogP contribution in [0.2, 0.25) is 0 Å². The summed E-state index contributed by atoms with van der Waals surface area (Å²) in [6.07, 6.45) is 4.14. The van der Waals surface area contributed by atoms with Gasteiger partial charge in [0.2, 0.25) is 5.91 Å². The molecule has 2 atom stereocenters. The minimum Gasteiger partial charge on any atom is -0.381 e. The summed E-state index contributed by atoms with van der Waals surface area (Å²) in [5.74, 6) is 0.323. The van der Waals surface area contributed by atoms with Gasteiger partial charge in [-0.1, -0.05) is 24.3 Å². The average Bonchev–Trinajstić information content (AvgIpc) is 2.66. The standard InChI is InChI=1S/C20H30N2O3.ClH/c1-15-12-18(6-9-21-15)20(23)22-13-16-2-4-17(5-3-16)14-25-19-7-10-24-11-8-19;/h2-5,15,18-19,21H,6-14H2,1H3,(H,22,23);1H/t15-,18-;/m0./s1. The summed E-state index contributed by atoms with van der Waals surface area (Å²) >= 11 is 0. The van der Waals surface area contributed by atoms with E-state index in [1.54, 1.807) is 0 Å². The quantitative estimate of drug-likeness (QED) is 0.794. The van der Waals surface area contributed by atoms with Gasteiger partial charge in [0.1, 0.15) is 0 Å². The first-order chi connectivity index (χ1) is 12.2. The Bertz CT molecular complexity index is 546. The highest BCUT2D eigenvalue weighted by molar-refractivity contribution is 5.85. The number of carbonyl (C=O) groups excluding carboxylic acids is 1. The van der Waals surface area contributed by atoms with Gasteiger partial charge in [0.05, 0.1) is 12.7 Å². The number of halogens is 1. The Labute approximate surface area is 162 Å². The molecule has 2 N–H and O–H groups in total. The molecule has 26 heavy (non-hydrogen) atoms. The van der Waals surface area contributed by atoms with E-state index in [0.717, 1.165) is 51.0 Å². The van der Waals surface area contributed by atoms with Crippen LogP contribution in [0.3, 0.4) is 0 Å². The molecular weight excluding hydrogens is 352 g/mol. The van der Waals surface area contributed by atoms with Gasteiger partial charge in [-0.25, -0.2) is 0 Å². The summed E-state index contributed by atoms with van der Waals surface area (Å²) in [5, 5.41) is 6.46. The van der Waals surface area contributed by atoms with Crippen LogP contribution in [-0.2, 0) is 27.4 Å². The molecule has 1 aromatic carbocycles. The van der Waals surface area contributed by atoms with Crippen LogP contribution >= 0.6 is 12.4 Å². The Balaban J connectivity index is 0.00000243. The van der Waals surface area contributed by atoms with Crippen LogP contribution in [0.25, 0.3) is 0 Å². The number of hydrogen-bond acceptors (Lipinski definition) is 4. The fourth-order valence-electron chi connectivity index (χ4n) is 3.51. The van der Waals surface area contributed by atoms with Gasteiger partial charge in [0.25, 0.3) is 0 Å². The number of amides is 1. The molecule has 146 valence electrons. The van der Waals surface area contributed by atoms with Crippen molar-refractivity contribution in [2.24, 2.45) is 5.92 Å². The van der Waals surface area contributed by atoms with E-state index >= 15 is 0 Å². The summed E-state index contributed by atoms with van der Waals surface area (Å²) in [7, 11) is 0. The van der Waals surface area contributed by atoms with Gasteiger partial charge in [-0.05, 0) is 50.3 Å². The average molecular weight is 383 g/mol. The van der Waals surface area contributed by atoms with Crippen molar-refractivity contribution in [3.05, 3.63) is 35.4 Å². The van der Waals surface area contributed by atoms with Gasteiger partial charge < -0.3 is 20.1 Å². The molecule has 2 saturated heterocycles. The molecule has 0 bridgehead atoms. The third-order valence-electron chi connectivity index (χ3n) is 5.14. The topological polar surface area (TPSA) is 59.6 Å². The lowest BCUT2D eigenvalue weighted by Crippen LogP contribution is -2.42. The fourth-order valence-corrected chi connectivity index (χ4v) is 3.51. The predicted octanol–water partition coefficient (Wildman–Crippen LogP) is 2.81. The monoisotopic (exact) mass is 382 g/mol. The molecule has 3 rings (SSSR count). The predicted molar refractivity (Wildman–Crippen MR) is 104 cm³/mol.